The van der Waals surface area contributed by atoms with Crippen molar-refractivity contribution in [3.05, 3.63) is 48.6 Å². The van der Waals surface area contributed by atoms with E-state index in [1.54, 1.807) is 6.08 Å². The smallest absolute Gasteiger partial charge is 0.305 e. The predicted molar refractivity (Wildman–Crippen MR) is 301 cm³/mol. The van der Waals surface area contributed by atoms with Crippen LogP contribution in [0.15, 0.2) is 48.6 Å². The lowest BCUT2D eigenvalue weighted by molar-refractivity contribution is -0.143. The van der Waals surface area contributed by atoms with Crippen LogP contribution in [-0.2, 0) is 14.3 Å². The average Bonchev–Trinajstić information content (AvgIpc) is 3.35. The zero-order chi connectivity index (χ0) is 50.0. The van der Waals surface area contributed by atoms with Crippen LogP contribution in [0.3, 0.4) is 0 Å². The van der Waals surface area contributed by atoms with Gasteiger partial charge in [-0.15, -0.1) is 0 Å². The van der Waals surface area contributed by atoms with E-state index in [-0.39, 0.29) is 18.5 Å². The van der Waals surface area contributed by atoms with E-state index in [1.807, 2.05) is 6.08 Å². The van der Waals surface area contributed by atoms with Gasteiger partial charge in [-0.2, -0.15) is 0 Å². The summed E-state index contributed by atoms with van der Waals surface area (Å²) in [5.74, 6) is -0.102. The fourth-order valence-electron chi connectivity index (χ4n) is 9.14. The maximum absolute atomic E-state index is 12.5. The molecule has 0 fully saturated rings. The number of nitrogens with one attached hydrogen (secondary N) is 1. The number of aliphatic hydroxyl groups excluding tert-OH is 2. The van der Waals surface area contributed by atoms with E-state index in [1.165, 1.54) is 212 Å². The van der Waals surface area contributed by atoms with Crippen molar-refractivity contribution in [1.29, 1.82) is 0 Å². The van der Waals surface area contributed by atoms with E-state index in [0.717, 1.165) is 77.0 Å². The molecular formula is C63H117NO5. The van der Waals surface area contributed by atoms with E-state index in [0.29, 0.717) is 19.4 Å². The van der Waals surface area contributed by atoms with Gasteiger partial charge < -0.3 is 20.3 Å². The molecule has 0 aromatic carbocycles. The maximum atomic E-state index is 12.5. The molecule has 1 amide bonds. The molecule has 0 heterocycles. The molecule has 0 aromatic rings. The quantitative estimate of drug-likeness (QED) is 0.0244. The molecule has 0 rings (SSSR count). The van der Waals surface area contributed by atoms with E-state index < -0.39 is 12.1 Å². The van der Waals surface area contributed by atoms with Gasteiger partial charge in [0.2, 0.25) is 5.91 Å². The summed E-state index contributed by atoms with van der Waals surface area (Å²) >= 11 is 0. The molecule has 0 aliphatic rings. The van der Waals surface area contributed by atoms with Gasteiger partial charge in [-0.3, -0.25) is 9.59 Å². The predicted octanol–water partition coefficient (Wildman–Crippen LogP) is 19.0. The molecule has 6 nitrogen and oxygen atoms in total. The monoisotopic (exact) mass is 968 g/mol. The largest absolute Gasteiger partial charge is 0.466 e. The number of unbranched alkanes of at least 4 members (excludes halogenated alkanes) is 40. The number of ether oxygens (including phenoxy) is 1. The number of aliphatic hydroxyl groups is 2. The zero-order valence-electron chi connectivity index (χ0n) is 46.0. The minimum Gasteiger partial charge on any atom is -0.466 e. The Kier molecular flexibility index (Phi) is 56.5. The third-order valence-electron chi connectivity index (χ3n) is 13.8. The number of rotatable bonds is 56. The van der Waals surface area contributed by atoms with Crippen molar-refractivity contribution >= 4 is 11.9 Å². The normalized spacial score (nSPS) is 12.9. The first-order chi connectivity index (χ1) is 34.0. The van der Waals surface area contributed by atoms with Crippen molar-refractivity contribution in [2.45, 2.75) is 328 Å². The lowest BCUT2D eigenvalue weighted by atomic mass is 10.0. The first kappa shape index (κ1) is 66.8. The fraction of sp³-hybridized carbons (Fsp3) is 0.841. The summed E-state index contributed by atoms with van der Waals surface area (Å²) in [5, 5.41) is 23.2. The summed E-state index contributed by atoms with van der Waals surface area (Å²) in [7, 11) is 0. The van der Waals surface area contributed by atoms with Gasteiger partial charge in [-0.1, -0.05) is 268 Å². The summed E-state index contributed by atoms with van der Waals surface area (Å²) in [6, 6.07) is -0.637. The van der Waals surface area contributed by atoms with Gasteiger partial charge in [-0.05, 0) is 83.5 Å². The summed E-state index contributed by atoms with van der Waals surface area (Å²) in [4.78, 5) is 24.5. The van der Waals surface area contributed by atoms with E-state index >= 15 is 0 Å². The van der Waals surface area contributed by atoms with Gasteiger partial charge in [0.15, 0.2) is 0 Å². The van der Waals surface area contributed by atoms with E-state index in [2.05, 4.69) is 55.6 Å². The van der Waals surface area contributed by atoms with Gasteiger partial charge in [-0.25, -0.2) is 0 Å². The van der Waals surface area contributed by atoms with Crippen molar-refractivity contribution < 1.29 is 24.5 Å². The second-order valence-electron chi connectivity index (χ2n) is 20.7. The molecule has 2 atom stereocenters. The number of carbonyl (C=O) groups is 2. The average molecular weight is 969 g/mol. The molecule has 0 aromatic heterocycles. The highest BCUT2D eigenvalue weighted by atomic mass is 16.5. The van der Waals surface area contributed by atoms with Gasteiger partial charge in [0.05, 0.1) is 25.4 Å². The van der Waals surface area contributed by atoms with Crippen molar-refractivity contribution in [1.82, 2.24) is 5.32 Å². The number of amides is 1. The molecule has 0 saturated heterocycles. The Hall–Kier alpha value is -2.18. The number of allylic oxidation sites excluding steroid dienone is 7. The molecule has 0 spiro atoms. The molecule has 0 aliphatic heterocycles. The molecule has 2 unspecified atom stereocenters. The molecule has 0 radical (unpaired) electrons. The van der Waals surface area contributed by atoms with Crippen LogP contribution in [0.25, 0.3) is 0 Å². The third kappa shape index (κ3) is 55.0. The van der Waals surface area contributed by atoms with Gasteiger partial charge >= 0.3 is 5.97 Å². The summed E-state index contributed by atoms with van der Waals surface area (Å²) in [6.07, 6.45) is 74.3. The van der Waals surface area contributed by atoms with Crippen LogP contribution in [-0.4, -0.2) is 47.4 Å². The number of esters is 1. The number of hydrogen-bond acceptors (Lipinski definition) is 5. The molecule has 0 aliphatic carbocycles. The highest BCUT2D eigenvalue weighted by molar-refractivity contribution is 5.76. The minimum atomic E-state index is -0.853. The van der Waals surface area contributed by atoms with Crippen LogP contribution in [0.4, 0.5) is 0 Å². The lowest BCUT2D eigenvalue weighted by Crippen LogP contribution is -2.45. The fourth-order valence-corrected chi connectivity index (χ4v) is 9.14. The van der Waals surface area contributed by atoms with Crippen LogP contribution in [0.2, 0.25) is 0 Å². The second-order valence-corrected chi connectivity index (χ2v) is 20.7. The highest BCUT2D eigenvalue weighted by Gasteiger charge is 2.18. The first-order valence-electron chi connectivity index (χ1n) is 30.4. The third-order valence-corrected chi connectivity index (χ3v) is 13.8. The molecule has 0 bridgehead atoms. The Morgan fingerprint density at radius 2 is 0.739 bits per heavy atom. The molecule has 0 saturated carbocycles. The van der Waals surface area contributed by atoms with Crippen molar-refractivity contribution in [2.75, 3.05) is 13.2 Å². The first-order valence-corrected chi connectivity index (χ1v) is 30.4. The Morgan fingerprint density at radius 1 is 0.406 bits per heavy atom. The van der Waals surface area contributed by atoms with Gasteiger partial charge in [0, 0.05) is 12.8 Å². The summed E-state index contributed by atoms with van der Waals surface area (Å²) < 4.78 is 5.43. The number of hydrogen-bond donors (Lipinski definition) is 3. The lowest BCUT2D eigenvalue weighted by Gasteiger charge is -2.20. The van der Waals surface area contributed by atoms with Crippen LogP contribution < -0.4 is 5.32 Å². The maximum Gasteiger partial charge on any atom is 0.305 e. The molecule has 3 N–H and O–H groups in total. The molecule has 6 heteroatoms. The highest BCUT2D eigenvalue weighted by Crippen LogP contribution is 2.17. The minimum absolute atomic E-state index is 0.0255. The van der Waals surface area contributed by atoms with Gasteiger partial charge in [0.25, 0.3) is 0 Å². The molecule has 404 valence electrons. The summed E-state index contributed by atoms with van der Waals surface area (Å²) in [5.41, 5.74) is 0. The van der Waals surface area contributed by atoms with E-state index in [4.69, 9.17) is 4.74 Å². The Labute approximate surface area is 429 Å². The van der Waals surface area contributed by atoms with E-state index in [9.17, 15) is 19.8 Å². The standard InChI is InChI=1S/C63H117NO5/c1-3-5-7-9-11-13-15-16-17-18-19-20-21-23-26-29-32-36-39-43-47-51-55-61(66)60(59-65)64-62(67)56-52-48-44-40-37-33-30-27-24-22-25-28-31-34-38-42-46-50-54-58-69-63(68)57-53-49-45-41-35-14-12-10-8-6-4-2/h10,12,28,31,34,38,51,55,60-61,65-66H,3-9,11,13-27,29-30,32-33,35-37,39-50,52-54,56-59H2,1-2H3,(H,64,67)/b12-10-,31-28-,38-34-,55-51+. The molecule has 69 heavy (non-hydrogen) atoms. The van der Waals surface area contributed by atoms with Gasteiger partial charge in [0.1, 0.15) is 0 Å². The van der Waals surface area contributed by atoms with Crippen molar-refractivity contribution in [2.24, 2.45) is 0 Å². The molecular weight excluding hydrogens is 851 g/mol. The van der Waals surface area contributed by atoms with Crippen LogP contribution >= 0.6 is 0 Å². The number of carbonyl (C=O) groups excluding carboxylic acids is 2. The van der Waals surface area contributed by atoms with Crippen LogP contribution in [0, 0.1) is 0 Å². The van der Waals surface area contributed by atoms with Crippen molar-refractivity contribution in [3.63, 3.8) is 0 Å². The van der Waals surface area contributed by atoms with Crippen LogP contribution in [0.1, 0.15) is 316 Å². The Balaban J connectivity index is 3.52. The Morgan fingerprint density at radius 3 is 1.16 bits per heavy atom. The topological polar surface area (TPSA) is 95.9 Å². The van der Waals surface area contributed by atoms with Crippen molar-refractivity contribution in [3.8, 4) is 0 Å². The second kappa shape index (κ2) is 58.4. The van der Waals surface area contributed by atoms with Crippen LogP contribution in [0.5, 0.6) is 0 Å². The SMILES string of the molecule is CCCC/C=C\CCCCCCCC(=O)OCCCCC/C=C\C=C/CCCCCCCCCCCCC(=O)NC(CO)C(O)/C=C/CCCCCCCCCCCCCCCCCCCCCC. The Bertz CT molecular complexity index is 1160. The summed E-state index contributed by atoms with van der Waals surface area (Å²) in [6.45, 7) is 4.83. The zero-order valence-corrected chi connectivity index (χ0v) is 46.0.